The van der Waals surface area contributed by atoms with E-state index in [1.54, 1.807) is 11.9 Å². The number of aliphatic hydroxyl groups is 1. The summed E-state index contributed by atoms with van der Waals surface area (Å²) in [6.45, 7) is 1.64. The summed E-state index contributed by atoms with van der Waals surface area (Å²) in [5, 5.41) is 10.3. The molecule has 0 radical (unpaired) electrons. The predicted octanol–water partition coefficient (Wildman–Crippen LogP) is 0.786. The molecule has 1 aliphatic heterocycles. The molecule has 2 rings (SSSR count). The Morgan fingerprint density at radius 1 is 1.44 bits per heavy atom. The first-order valence-corrected chi connectivity index (χ1v) is 6.13. The lowest BCUT2D eigenvalue weighted by molar-refractivity contribution is -0.137. The highest BCUT2D eigenvalue weighted by atomic mass is 16.5. The van der Waals surface area contributed by atoms with E-state index in [1.165, 1.54) is 12.8 Å². The van der Waals surface area contributed by atoms with Gasteiger partial charge < -0.3 is 14.7 Å². The number of hydrogen-bond donors (Lipinski definition) is 1. The molecule has 0 unspecified atom stereocenters. The molecule has 0 aromatic carbocycles. The highest BCUT2D eigenvalue weighted by Gasteiger charge is 2.33. The zero-order chi connectivity index (χ0) is 11.6. The van der Waals surface area contributed by atoms with Crippen LogP contribution in [0.15, 0.2) is 0 Å². The summed E-state index contributed by atoms with van der Waals surface area (Å²) in [7, 11) is 1.79. The molecule has 0 bridgehead atoms. The van der Waals surface area contributed by atoms with Crippen LogP contribution in [0.4, 0.5) is 0 Å². The maximum Gasteiger partial charge on any atom is 0.222 e. The van der Waals surface area contributed by atoms with Crippen molar-refractivity contribution in [1.82, 2.24) is 4.90 Å². The summed E-state index contributed by atoms with van der Waals surface area (Å²) >= 11 is 0. The Balaban J connectivity index is 1.79. The van der Waals surface area contributed by atoms with Crippen LogP contribution in [0, 0.1) is 5.92 Å². The quantitative estimate of drug-likeness (QED) is 0.772. The number of carbonyl (C=O) groups excluding carboxylic acids is 1. The average Bonchev–Trinajstić information content (AvgIpc) is 3.02. The van der Waals surface area contributed by atoms with Crippen LogP contribution in [0.2, 0.25) is 0 Å². The Labute approximate surface area is 96.6 Å². The number of amides is 1. The maximum absolute atomic E-state index is 11.8. The Morgan fingerprint density at radius 3 is 2.62 bits per heavy atom. The molecule has 0 aromatic rings. The van der Waals surface area contributed by atoms with E-state index in [0.29, 0.717) is 44.9 Å². The van der Waals surface area contributed by atoms with Gasteiger partial charge in [-0.2, -0.15) is 0 Å². The Morgan fingerprint density at radius 2 is 2.06 bits per heavy atom. The van der Waals surface area contributed by atoms with Crippen molar-refractivity contribution in [1.29, 1.82) is 0 Å². The van der Waals surface area contributed by atoms with Gasteiger partial charge in [0, 0.05) is 46.1 Å². The Kier molecular flexibility index (Phi) is 3.50. The molecule has 0 spiro atoms. The lowest BCUT2D eigenvalue weighted by Crippen LogP contribution is -2.47. The summed E-state index contributed by atoms with van der Waals surface area (Å²) in [6, 6.07) is 0. The van der Waals surface area contributed by atoms with Gasteiger partial charge in [-0.3, -0.25) is 4.79 Å². The number of rotatable bonds is 4. The first-order chi connectivity index (χ1) is 7.59. The fourth-order valence-corrected chi connectivity index (χ4v) is 2.16. The van der Waals surface area contributed by atoms with Crippen LogP contribution >= 0.6 is 0 Å². The topological polar surface area (TPSA) is 49.8 Å². The minimum Gasteiger partial charge on any atom is -0.388 e. The summed E-state index contributed by atoms with van der Waals surface area (Å²) in [4.78, 5) is 13.5. The van der Waals surface area contributed by atoms with Crippen molar-refractivity contribution in [2.24, 2.45) is 5.92 Å². The molecule has 1 aliphatic carbocycles. The molecule has 1 N–H and O–H groups in total. The van der Waals surface area contributed by atoms with Crippen molar-refractivity contribution in [2.45, 2.75) is 37.7 Å². The van der Waals surface area contributed by atoms with Crippen LogP contribution in [0.3, 0.4) is 0 Å². The van der Waals surface area contributed by atoms with Crippen LogP contribution in [0.1, 0.15) is 32.1 Å². The molecule has 0 aromatic heterocycles. The standard InChI is InChI=1S/C12H21NO3/c1-13(11(14)8-10-2-3-10)9-12(15)4-6-16-7-5-12/h10,15H,2-9H2,1H3. The van der Waals surface area contributed by atoms with Gasteiger partial charge >= 0.3 is 0 Å². The molecule has 4 nitrogen and oxygen atoms in total. The van der Waals surface area contributed by atoms with Crippen molar-refractivity contribution in [2.75, 3.05) is 26.8 Å². The van der Waals surface area contributed by atoms with Crippen LogP contribution in [0.5, 0.6) is 0 Å². The molecular formula is C12H21NO3. The van der Waals surface area contributed by atoms with Crippen molar-refractivity contribution >= 4 is 5.91 Å². The van der Waals surface area contributed by atoms with Gasteiger partial charge in [-0.25, -0.2) is 0 Å². The molecular weight excluding hydrogens is 206 g/mol. The van der Waals surface area contributed by atoms with Gasteiger partial charge in [0.1, 0.15) is 0 Å². The first kappa shape index (κ1) is 11.9. The summed E-state index contributed by atoms with van der Waals surface area (Å²) < 4.78 is 5.22. The average molecular weight is 227 g/mol. The number of nitrogens with zero attached hydrogens (tertiary/aromatic N) is 1. The largest absolute Gasteiger partial charge is 0.388 e. The lowest BCUT2D eigenvalue weighted by Gasteiger charge is -2.35. The van der Waals surface area contributed by atoms with Crippen molar-refractivity contribution < 1.29 is 14.6 Å². The van der Waals surface area contributed by atoms with Gasteiger partial charge in [-0.15, -0.1) is 0 Å². The third kappa shape index (κ3) is 3.19. The number of hydrogen-bond acceptors (Lipinski definition) is 3. The third-order valence-electron chi connectivity index (χ3n) is 3.54. The molecule has 2 aliphatic rings. The lowest BCUT2D eigenvalue weighted by atomic mass is 9.94. The van der Waals surface area contributed by atoms with E-state index in [0.717, 1.165) is 0 Å². The Bertz CT molecular complexity index is 257. The summed E-state index contributed by atoms with van der Waals surface area (Å²) in [5.41, 5.74) is -0.730. The third-order valence-corrected chi connectivity index (χ3v) is 3.54. The molecule has 1 heterocycles. The van der Waals surface area contributed by atoms with Gasteiger partial charge in [-0.05, 0) is 18.8 Å². The van der Waals surface area contributed by atoms with E-state index in [4.69, 9.17) is 4.74 Å². The van der Waals surface area contributed by atoms with Crippen LogP contribution in [-0.2, 0) is 9.53 Å². The SMILES string of the molecule is CN(CC1(O)CCOCC1)C(=O)CC1CC1. The predicted molar refractivity (Wildman–Crippen MR) is 60.0 cm³/mol. The normalized spacial score (nSPS) is 24.1. The second kappa shape index (κ2) is 4.72. The van der Waals surface area contributed by atoms with Crippen LogP contribution in [-0.4, -0.2) is 48.3 Å². The molecule has 92 valence electrons. The molecule has 1 saturated carbocycles. The zero-order valence-electron chi connectivity index (χ0n) is 9.95. The Hall–Kier alpha value is -0.610. The fourth-order valence-electron chi connectivity index (χ4n) is 2.16. The number of ether oxygens (including phenoxy) is 1. The van der Waals surface area contributed by atoms with Gasteiger partial charge in [-0.1, -0.05) is 0 Å². The van der Waals surface area contributed by atoms with E-state index in [-0.39, 0.29) is 5.91 Å². The van der Waals surface area contributed by atoms with Gasteiger partial charge in [0.05, 0.1) is 5.60 Å². The van der Waals surface area contributed by atoms with Crippen molar-refractivity contribution in [3.63, 3.8) is 0 Å². The molecule has 2 fully saturated rings. The number of carbonyl (C=O) groups is 1. The minimum atomic E-state index is -0.730. The fraction of sp³-hybridized carbons (Fsp3) is 0.917. The van der Waals surface area contributed by atoms with Crippen LogP contribution < -0.4 is 0 Å². The highest BCUT2D eigenvalue weighted by Crippen LogP contribution is 2.33. The second-order valence-electron chi connectivity index (χ2n) is 5.23. The van der Waals surface area contributed by atoms with E-state index < -0.39 is 5.60 Å². The van der Waals surface area contributed by atoms with E-state index in [1.807, 2.05) is 0 Å². The first-order valence-electron chi connectivity index (χ1n) is 6.13. The molecule has 4 heteroatoms. The van der Waals surface area contributed by atoms with Crippen LogP contribution in [0.25, 0.3) is 0 Å². The smallest absolute Gasteiger partial charge is 0.222 e. The molecule has 1 saturated heterocycles. The van der Waals surface area contributed by atoms with E-state index >= 15 is 0 Å². The monoisotopic (exact) mass is 227 g/mol. The molecule has 0 atom stereocenters. The van der Waals surface area contributed by atoms with E-state index in [2.05, 4.69) is 0 Å². The van der Waals surface area contributed by atoms with Crippen molar-refractivity contribution in [3.05, 3.63) is 0 Å². The summed E-state index contributed by atoms with van der Waals surface area (Å²) in [5.74, 6) is 0.779. The second-order valence-corrected chi connectivity index (χ2v) is 5.23. The number of likely N-dealkylation sites (N-methyl/N-ethyl adjacent to an activating group) is 1. The maximum atomic E-state index is 11.8. The van der Waals surface area contributed by atoms with E-state index in [9.17, 15) is 9.90 Å². The van der Waals surface area contributed by atoms with Gasteiger partial charge in [0.25, 0.3) is 0 Å². The molecule has 16 heavy (non-hydrogen) atoms. The van der Waals surface area contributed by atoms with Gasteiger partial charge in [0.2, 0.25) is 5.91 Å². The zero-order valence-corrected chi connectivity index (χ0v) is 9.95. The molecule has 1 amide bonds. The highest BCUT2D eigenvalue weighted by molar-refractivity contribution is 5.76. The van der Waals surface area contributed by atoms with Gasteiger partial charge in [0.15, 0.2) is 0 Å². The minimum absolute atomic E-state index is 0.169. The summed E-state index contributed by atoms with van der Waals surface area (Å²) in [6.07, 6.45) is 4.31. The van der Waals surface area contributed by atoms with Crippen molar-refractivity contribution in [3.8, 4) is 0 Å².